The first-order valence-corrected chi connectivity index (χ1v) is 11.8. The van der Waals surface area contributed by atoms with Gasteiger partial charge in [0.1, 0.15) is 12.6 Å². The number of carboxylic acid groups (broad SMARTS) is 1. The molecule has 0 saturated carbocycles. The number of primary amides is 1. The number of ether oxygens (including phenoxy) is 1. The lowest BCUT2D eigenvalue weighted by molar-refractivity contribution is -0.142. The van der Waals surface area contributed by atoms with Crippen molar-refractivity contribution >= 4 is 23.9 Å². The van der Waals surface area contributed by atoms with Crippen molar-refractivity contribution in [3.8, 4) is 11.1 Å². The SMILES string of the molecule is NC(=O)CC[C@H](NC(=O)CCCCCNC(=O)OCC1c2ccccc2-c2ccccc21)C(=O)O. The zero-order valence-corrected chi connectivity index (χ0v) is 19.5. The van der Waals surface area contributed by atoms with Crippen LogP contribution in [0.25, 0.3) is 11.1 Å². The number of carbonyl (C=O) groups excluding carboxylic acids is 3. The summed E-state index contributed by atoms with van der Waals surface area (Å²) in [6.45, 7) is 0.662. The summed E-state index contributed by atoms with van der Waals surface area (Å²) in [5.74, 6) is -2.21. The summed E-state index contributed by atoms with van der Waals surface area (Å²) in [7, 11) is 0. The van der Waals surface area contributed by atoms with Crippen molar-refractivity contribution in [2.24, 2.45) is 5.73 Å². The Labute approximate surface area is 204 Å². The summed E-state index contributed by atoms with van der Waals surface area (Å²) < 4.78 is 5.49. The van der Waals surface area contributed by atoms with Gasteiger partial charge in [0.2, 0.25) is 11.8 Å². The molecule has 1 aliphatic rings. The molecule has 35 heavy (non-hydrogen) atoms. The summed E-state index contributed by atoms with van der Waals surface area (Å²) in [6, 6.07) is 15.1. The summed E-state index contributed by atoms with van der Waals surface area (Å²) in [5.41, 5.74) is 9.67. The highest BCUT2D eigenvalue weighted by molar-refractivity contribution is 5.84. The maximum Gasteiger partial charge on any atom is 0.407 e. The van der Waals surface area contributed by atoms with E-state index in [1.54, 1.807) is 0 Å². The normalized spacial score (nSPS) is 12.8. The second-order valence-corrected chi connectivity index (χ2v) is 8.53. The Hall–Kier alpha value is -3.88. The van der Waals surface area contributed by atoms with Crippen molar-refractivity contribution in [3.05, 3.63) is 59.7 Å². The van der Waals surface area contributed by atoms with Crippen LogP contribution in [0.1, 0.15) is 55.6 Å². The summed E-state index contributed by atoms with van der Waals surface area (Å²) >= 11 is 0. The third-order valence-electron chi connectivity index (χ3n) is 6.01. The number of hydrogen-bond acceptors (Lipinski definition) is 5. The molecule has 1 atom stereocenters. The van der Waals surface area contributed by atoms with E-state index in [1.807, 2.05) is 24.3 Å². The lowest BCUT2D eigenvalue weighted by Crippen LogP contribution is -2.41. The van der Waals surface area contributed by atoms with Gasteiger partial charge < -0.3 is 26.2 Å². The van der Waals surface area contributed by atoms with Gasteiger partial charge in [0.25, 0.3) is 0 Å². The van der Waals surface area contributed by atoms with E-state index >= 15 is 0 Å². The topological polar surface area (TPSA) is 148 Å². The fourth-order valence-electron chi connectivity index (χ4n) is 4.24. The molecule has 0 saturated heterocycles. The number of fused-ring (bicyclic) bond motifs is 3. The van der Waals surface area contributed by atoms with E-state index in [0.717, 1.165) is 11.1 Å². The molecule has 3 rings (SSSR count). The van der Waals surface area contributed by atoms with E-state index in [0.29, 0.717) is 25.8 Å². The fourth-order valence-corrected chi connectivity index (χ4v) is 4.24. The van der Waals surface area contributed by atoms with E-state index in [4.69, 9.17) is 15.6 Å². The van der Waals surface area contributed by atoms with Gasteiger partial charge in [-0.25, -0.2) is 9.59 Å². The molecule has 0 aromatic heterocycles. The highest BCUT2D eigenvalue weighted by atomic mass is 16.5. The van der Waals surface area contributed by atoms with E-state index in [1.165, 1.54) is 11.1 Å². The molecular formula is C26H31N3O6. The van der Waals surface area contributed by atoms with E-state index in [2.05, 4.69) is 34.9 Å². The van der Waals surface area contributed by atoms with Gasteiger partial charge in [0.15, 0.2) is 0 Å². The highest BCUT2D eigenvalue weighted by Gasteiger charge is 2.29. The Bertz CT molecular complexity index is 1030. The number of hydrogen-bond donors (Lipinski definition) is 4. The number of aliphatic carboxylic acids is 1. The molecule has 0 aliphatic heterocycles. The van der Waals surface area contributed by atoms with Crippen LogP contribution < -0.4 is 16.4 Å². The summed E-state index contributed by atoms with van der Waals surface area (Å²) in [5, 5.41) is 14.3. The van der Waals surface area contributed by atoms with Gasteiger partial charge in [-0.2, -0.15) is 0 Å². The monoisotopic (exact) mass is 481 g/mol. The molecule has 0 heterocycles. The predicted octanol–water partition coefficient (Wildman–Crippen LogP) is 2.92. The van der Waals surface area contributed by atoms with Gasteiger partial charge in [-0.1, -0.05) is 55.0 Å². The molecule has 9 nitrogen and oxygen atoms in total. The molecule has 0 fully saturated rings. The molecular weight excluding hydrogens is 450 g/mol. The van der Waals surface area contributed by atoms with Crippen LogP contribution in [0.2, 0.25) is 0 Å². The zero-order valence-electron chi connectivity index (χ0n) is 19.5. The first kappa shape index (κ1) is 25.7. The number of alkyl carbamates (subject to hydrolysis) is 1. The average Bonchev–Trinajstić information content (AvgIpc) is 3.16. The van der Waals surface area contributed by atoms with Crippen LogP contribution in [0.15, 0.2) is 48.5 Å². The Morgan fingerprint density at radius 1 is 0.914 bits per heavy atom. The molecule has 3 amide bonds. The fraction of sp³-hybridized carbons (Fsp3) is 0.385. The molecule has 9 heteroatoms. The van der Waals surface area contributed by atoms with Crippen LogP contribution >= 0.6 is 0 Å². The van der Waals surface area contributed by atoms with Gasteiger partial charge in [-0.15, -0.1) is 0 Å². The quantitative estimate of drug-likeness (QED) is 0.323. The van der Waals surface area contributed by atoms with Gasteiger partial charge in [-0.3, -0.25) is 9.59 Å². The number of benzene rings is 2. The number of carbonyl (C=O) groups is 4. The third kappa shape index (κ3) is 7.30. The van der Waals surface area contributed by atoms with Crippen LogP contribution in [0.3, 0.4) is 0 Å². The number of unbranched alkanes of at least 4 members (excludes halogenated alkanes) is 2. The summed E-state index contributed by atoms with van der Waals surface area (Å²) in [6.07, 6.45) is 1.39. The number of nitrogens with one attached hydrogen (secondary N) is 2. The second kappa shape index (κ2) is 12.5. The van der Waals surface area contributed by atoms with E-state index < -0.39 is 29.9 Å². The minimum atomic E-state index is -1.20. The first-order chi connectivity index (χ1) is 16.9. The molecule has 0 unspecified atom stereocenters. The third-order valence-corrected chi connectivity index (χ3v) is 6.01. The molecule has 0 radical (unpaired) electrons. The molecule has 0 bridgehead atoms. The standard InChI is InChI=1S/C26H31N3O6/c27-23(30)14-13-22(25(32)33)29-24(31)12-2-1-7-15-28-26(34)35-16-21-19-10-5-3-8-17(19)18-9-4-6-11-20(18)21/h3-6,8-11,21-22H,1-2,7,12-16H2,(H2,27,30)(H,28,34)(H,29,31)(H,32,33)/t22-/m0/s1. The van der Waals surface area contributed by atoms with Crippen molar-refractivity contribution in [3.63, 3.8) is 0 Å². The molecule has 1 aliphatic carbocycles. The molecule has 2 aromatic rings. The molecule has 0 spiro atoms. The van der Waals surface area contributed by atoms with Gasteiger partial charge in [0.05, 0.1) is 0 Å². The Morgan fingerprint density at radius 2 is 1.54 bits per heavy atom. The second-order valence-electron chi connectivity index (χ2n) is 8.53. The maximum atomic E-state index is 12.2. The van der Waals surface area contributed by atoms with E-state index in [-0.39, 0.29) is 31.8 Å². The van der Waals surface area contributed by atoms with Crippen molar-refractivity contribution in [1.82, 2.24) is 10.6 Å². The van der Waals surface area contributed by atoms with Crippen LogP contribution in [-0.2, 0) is 19.1 Å². The van der Waals surface area contributed by atoms with Crippen LogP contribution in [-0.4, -0.2) is 48.2 Å². The van der Waals surface area contributed by atoms with Crippen molar-refractivity contribution in [2.75, 3.05) is 13.2 Å². The minimum absolute atomic E-state index is 0.00395. The van der Waals surface area contributed by atoms with Crippen LogP contribution in [0.4, 0.5) is 4.79 Å². The minimum Gasteiger partial charge on any atom is -0.480 e. The summed E-state index contributed by atoms with van der Waals surface area (Å²) in [4.78, 5) is 46.1. The van der Waals surface area contributed by atoms with Gasteiger partial charge in [-0.05, 0) is 41.5 Å². The Morgan fingerprint density at radius 3 is 2.14 bits per heavy atom. The Kier molecular flexibility index (Phi) is 9.23. The van der Waals surface area contributed by atoms with Crippen molar-refractivity contribution in [2.45, 2.75) is 50.5 Å². The highest BCUT2D eigenvalue weighted by Crippen LogP contribution is 2.44. The van der Waals surface area contributed by atoms with Gasteiger partial charge >= 0.3 is 12.1 Å². The predicted molar refractivity (Wildman–Crippen MR) is 130 cm³/mol. The van der Waals surface area contributed by atoms with Crippen LogP contribution in [0, 0.1) is 0 Å². The lowest BCUT2D eigenvalue weighted by atomic mass is 9.98. The van der Waals surface area contributed by atoms with Gasteiger partial charge in [0, 0.05) is 25.3 Å². The van der Waals surface area contributed by atoms with Crippen molar-refractivity contribution < 1.29 is 29.0 Å². The lowest BCUT2D eigenvalue weighted by Gasteiger charge is -2.14. The number of amides is 3. The smallest absolute Gasteiger partial charge is 0.407 e. The average molecular weight is 482 g/mol. The Balaban J connectivity index is 1.32. The molecule has 5 N–H and O–H groups in total. The van der Waals surface area contributed by atoms with E-state index in [9.17, 15) is 19.2 Å². The first-order valence-electron chi connectivity index (χ1n) is 11.8. The number of carboxylic acids is 1. The maximum absolute atomic E-state index is 12.2. The number of nitrogens with two attached hydrogens (primary N) is 1. The molecule has 2 aromatic carbocycles. The number of rotatable bonds is 13. The largest absolute Gasteiger partial charge is 0.480 e. The van der Waals surface area contributed by atoms with Crippen LogP contribution in [0.5, 0.6) is 0 Å². The van der Waals surface area contributed by atoms with Crippen molar-refractivity contribution in [1.29, 1.82) is 0 Å². The zero-order chi connectivity index (χ0) is 25.2. The molecule has 186 valence electrons.